The largest absolute Gasteiger partial charge is 0.392 e. The van der Waals surface area contributed by atoms with Crippen molar-refractivity contribution in [1.82, 2.24) is 4.98 Å². The van der Waals surface area contributed by atoms with Crippen molar-refractivity contribution in [3.05, 3.63) is 52.7 Å². The summed E-state index contributed by atoms with van der Waals surface area (Å²) in [5.41, 5.74) is 2.86. The van der Waals surface area contributed by atoms with Gasteiger partial charge in [0.15, 0.2) is 0 Å². The molecule has 19 heavy (non-hydrogen) atoms. The van der Waals surface area contributed by atoms with Gasteiger partial charge < -0.3 is 10.4 Å². The summed E-state index contributed by atoms with van der Waals surface area (Å²) in [6.45, 7) is 4.20. The van der Waals surface area contributed by atoms with E-state index in [1.165, 1.54) is 0 Å². The molecule has 1 aromatic carbocycles. The Labute approximate surface area is 118 Å². The van der Waals surface area contributed by atoms with Crippen molar-refractivity contribution in [3.8, 4) is 0 Å². The average Bonchev–Trinajstić information content (AvgIpc) is 2.38. The van der Waals surface area contributed by atoms with Crippen LogP contribution in [-0.4, -0.2) is 10.1 Å². The second kappa shape index (κ2) is 6.04. The molecule has 0 unspecified atom stereocenters. The van der Waals surface area contributed by atoms with E-state index in [1.807, 2.05) is 30.3 Å². The van der Waals surface area contributed by atoms with Crippen molar-refractivity contribution in [2.24, 2.45) is 0 Å². The highest BCUT2D eigenvalue weighted by Gasteiger charge is 2.08. The van der Waals surface area contributed by atoms with Gasteiger partial charge in [0.1, 0.15) is 5.82 Å². The lowest BCUT2D eigenvalue weighted by atomic mass is 9.99. The smallest absolute Gasteiger partial charge is 0.130 e. The van der Waals surface area contributed by atoms with Gasteiger partial charge in [0.05, 0.1) is 6.61 Å². The lowest BCUT2D eigenvalue weighted by Gasteiger charge is -2.13. The van der Waals surface area contributed by atoms with Crippen molar-refractivity contribution in [2.45, 2.75) is 26.4 Å². The van der Waals surface area contributed by atoms with E-state index in [0.717, 1.165) is 22.6 Å². The van der Waals surface area contributed by atoms with Crippen LogP contribution >= 0.6 is 11.6 Å². The number of halogens is 1. The van der Waals surface area contributed by atoms with Gasteiger partial charge in [0, 0.05) is 16.9 Å². The maximum absolute atomic E-state index is 9.31. The van der Waals surface area contributed by atoms with Crippen LogP contribution in [0, 0.1) is 0 Å². The van der Waals surface area contributed by atoms with E-state index >= 15 is 0 Å². The van der Waals surface area contributed by atoms with E-state index in [4.69, 9.17) is 11.6 Å². The van der Waals surface area contributed by atoms with Gasteiger partial charge in [0.25, 0.3) is 0 Å². The molecule has 0 aliphatic carbocycles. The Kier molecular flexibility index (Phi) is 4.40. The molecule has 0 radical (unpaired) electrons. The molecule has 100 valence electrons. The summed E-state index contributed by atoms with van der Waals surface area (Å²) in [6, 6.07) is 9.46. The summed E-state index contributed by atoms with van der Waals surface area (Å²) < 4.78 is 0. The van der Waals surface area contributed by atoms with E-state index in [1.54, 1.807) is 6.20 Å². The zero-order chi connectivity index (χ0) is 13.8. The molecular weight excluding hydrogens is 260 g/mol. The predicted octanol–water partition coefficient (Wildman–Crippen LogP) is 4.09. The summed E-state index contributed by atoms with van der Waals surface area (Å²) in [5, 5.41) is 13.2. The van der Waals surface area contributed by atoms with Crippen LogP contribution in [0.25, 0.3) is 0 Å². The molecule has 0 saturated carbocycles. The molecule has 0 saturated heterocycles. The van der Waals surface area contributed by atoms with E-state index in [9.17, 15) is 5.11 Å². The average molecular weight is 277 g/mol. The normalized spacial score (nSPS) is 10.8. The lowest BCUT2D eigenvalue weighted by molar-refractivity contribution is 0.279. The fourth-order valence-corrected chi connectivity index (χ4v) is 2.14. The van der Waals surface area contributed by atoms with Crippen LogP contribution in [0.15, 0.2) is 36.5 Å². The molecule has 0 bridgehead atoms. The Morgan fingerprint density at radius 1 is 1.32 bits per heavy atom. The van der Waals surface area contributed by atoms with Crippen LogP contribution in [-0.2, 0) is 6.61 Å². The molecule has 0 aliphatic heterocycles. The first kappa shape index (κ1) is 13.8. The van der Waals surface area contributed by atoms with Gasteiger partial charge in [-0.3, -0.25) is 0 Å². The van der Waals surface area contributed by atoms with Gasteiger partial charge >= 0.3 is 0 Å². The Balaban J connectivity index is 2.28. The summed E-state index contributed by atoms with van der Waals surface area (Å²) in [6.07, 6.45) is 1.71. The zero-order valence-electron chi connectivity index (χ0n) is 11.0. The van der Waals surface area contributed by atoms with E-state index in [-0.39, 0.29) is 6.61 Å². The molecule has 0 aliphatic rings. The molecular formula is C15H17ClN2O. The van der Waals surface area contributed by atoms with Crippen molar-refractivity contribution in [1.29, 1.82) is 0 Å². The van der Waals surface area contributed by atoms with E-state index in [2.05, 4.69) is 24.1 Å². The van der Waals surface area contributed by atoms with Crippen molar-refractivity contribution in [3.63, 3.8) is 0 Å². The topological polar surface area (TPSA) is 45.2 Å². The molecule has 2 aromatic rings. The lowest BCUT2D eigenvalue weighted by Crippen LogP contribution is -2.01. The molecule has 1 heterocycles. The first-order chi connectivity index (χ1) is 9.10. The van der Waals surface area contributed by atoms with Gasteiger partial charge in [-0.2, -0.15) is 0 Å². The van der Waals surface area contributed by atoms with Crippen LogP contribution in [0.4, 0.5) is 11.5 Å². The Bertz CT molecular complexity index is 570. The van der Waals surface area contributed by atoms with E-state index in [0.29, 0.717) is 10.9 Å². The molecule has 2 N–H and O–H groups in total. The highest BCUT2D eigenvalue weighted by molar-refractivity contribution is 6.30. The summed E-state index contributed by atoms with van der Waals surface area (Å²) in [5.74, 6) is 1.09. The third-order valence-electron chi connectivity index (χ3n) is 2.91. The van der Waals surface area contributed by atoms with Gasteiger partial charge in [-0.15, -0.1) is 0 Å². The van der Waals surface area contributed by atoms with Crippen LogP contribution in [0.1, 0.15) is 30.9 Å². The van der Waals surface area contributed by atoms with Gasteiger partial charge in [-0.05, 0) is 41.3 Å². The minimum atomic E-state index is 0.0119. The first-order valence-corrected chi connectivity index (χ1v) is 6.60. The first-order valence-electron chi connectivity index (χ1n) is 6.22. The second-order valence-corrected chi connectivity index (χ2v) is 5.15. The summed E-state index contributed by atoms with van der Waals surface area (Å²) in [7, 11) is 0. The van der Waals surface area contributed by atoms with Crippen LogP contribution in [0.2, 0.25) is 5.02 Å². The maximum atomic E-state index is 9.31. The molecule has 4 heteroatoms. The van der Waals surface area contributed by atoms with E-state index < -0.39 is 0 Å². The molecule has 1 aromatic heterocycles. The van der Waals surface area contributed by atoms with Crippen molar-refractivity contribution >= 4 is 23.1 Å². The number of hydrogen-bond acceptors (Lipinski definition) is 3. The predicted molar refractivity (Wildman–Crippen MR) is 79.0 cm³/mol. The number of aromatic nitrogens is 1. The number of rotatable bonds is 4. The molecule has 0 atom stereocenters. The van der Waals surface area contributed by atoms with Gasteiger partial charge in [-0.25, -0.2) is 4.98 Å². The fourth-order valence-electron chi connectivity index (χ4n) is 1.95. The van der Waals surface area contributed by atoms with Gasteiger partial charge in [-0.1, -0.05) is 31.5 Å². The Morgan fingerprint density at radius 3 is 2.74 bits per heavy atom. The number of nitrogens with zero attached hydrogens (tertiary/aromatic N) is 1. The summed E-state index contributed by atoms with van der Waals surface area (Å²) in [4.78, 5) is 4.30. The number of pyridine rings is 1. The maximum Gasteiger partial charge on any atom is 0.130 e. The molecule has 0 spiro atoms. The standard InChI is InChI=1S/C15H17ClN2O/c1-10(2)14-7-15(17-8-11(14)9-19)18-13-5-3-4-12(16)6-13/h3-8,10,19H,9H2,1-2H3,(H,17,18). The van der Waals surface area contributed by atoms with Gasteiger partial charge in [0.2, 0.25) is 0 Å². The van der Waals surface area contributed by atoms with Crippen molar-refractivity contribution < 1.29 is 5.11 Å². The third-order valence-corrected chi connectivity index (χ3v) is 3.15. The van der Waals surface area contributed by atoms with Crippen LogP contribution in [0.5, 0.6) is 0 Å². The highest BCUT2D eigenvalue weighted by atomic mass is 35.5. The zero-order valence-corrected chi connectivity index (χ0v) is 11.8. The molecule has 3 nitrogen and oxygen atoms in total. The Hall–Kier alpha value is -1.58. The fraction of sp³-hybridized carbons (Fsp3) is 0.267. The number of nitrogens with one attached hydrogen (secondary N) is 1. The Morgan fingerprint density at radius 2 is 2.11 bits per heavy atom. The number of hydrogen-bond donors (Lipinski definition) is 2. The molecule has 2 rings (SSSR count). The number of benzene rings is 1. The summed E-state index contributed by atoms with van der Waals surface area (Å²) >= 11 is 5.95. The van der Waals surface area contributed by atoms with Crippen LogP contribution < -0.4 is 5.32 Å². The number of aliphatic hydroxyl groups is 1. The molecule has 0 fully saturated rings. The molecule has 0 amide bonds. The van der Waals surface area contributed by atoms with Crippen molar-refractivity contribution in [2.75, 3.05) is 5.32 Å². The SMILES string of the molecule is CC(C)c1cc(Nc2cccc(Cl)c2)ncc1CO. The number of anilines is 2. The third kappa shape index (κ3) is 3.46. The minimum absolute atomic E-state index is 0.0119. The minimum Gasteiger partial charge on any atom is -0.392 e. The monoisotopic (exact) mass is 276 g/mol. The highest BCUT2D eigenvalue weighted by Crippen LogP contribution is 2.24. The second-order valence-electron chi connectivity index (χ2n) is 4.72. The quantitative estimate of drug-likeness (QED) is 0.884. The number of aliphatic hydroxyl groups excluding tert-OH is 1. The van der Waals surface area contributed by atoms with Crippen LogP contribution in [0.3, 0.4) is 0 Å².